The van der Waals surface area contributed by atoms with Crippen molar-refractivity contribution in [2.75, 3.05) is 0 Å². The molecule has 0 aromatic rings. The van der Waals surface area contributed by atoms with Crippen molar-refractivity contribution in [3.05, 3.63) is 35.5 Å². The molecule has 0 rings (SSSR count). The molecule has 0 aliphatic rings. The predicted molar refractivity (Wildman–Crippen MR) is 81.2 cm³/mol. The average Bonchev–Trinajstić information content (AvgIpc) is 2.10. The average molecular weight is 399 g/mol. The van der Waals surface area contributed by atoms with Crippen LogP contribution in [0.3, 0.4) is 0 Å². The number of carbonyl (C=O) groups is 3. The third kappa shape index (κ3) is 51.7. The molecule has 0 saturated carbocycles. The van der Waals surface area contributed by atoms with Gasteiger partial charge in [0, 0.05) is 38.3 Å². The van der Waals surface area contributed by atoms with Crippen LogP contribution >= 0.6 is 0 Å². The van der Waals surface area contributed by atoms with E-state index in [-0.39, 0.29) is 54.7 Å². The van der Waals surface area contributed by atoms with Gasteiger partial charge in [0.25, 0.3) is 0 Å². The van der Waals surface area contributed by atoms with E-state index in [1.54, 1.807) is 0 Å². The number of rotatable bonds is 3. The minimum atomic E-state index is -0.125. The van der Waals surface area contributed by atoms with Crippen LogP contribution in [-0.4, -0.2) is 32.7 Å². The van der Waals surface area contributed by atoms with Gasteiger partial charge in [-0.1, -0.05) is 0 Å². The maximum atomic E-state index is 10.0. The van der Waals surface area contributed by atoms with Crippen LogP contribution in [0.5, 0.6) is 0 Å². The van der Waals surface area contributed by atoms with Crippen LogP contribution in [0.4, 0.5) is 0 Å². The fraction of sp³-hybridized carbons (Fsp3) is 0.400. The third-order valence-electron chi connectivity index (χ3n) is 1.24. The summed E-state index contributed by atoms with van der Waals surface area (Å²) < 4.78 is 0. The molecule has 0 unspecified atom stereocenters. The summed E-state index contributed by atoms with van der Waals surface area (Å²) in [5, 5.41) is 25.1. The molecule has 1 radical (unpaired) electrons. The maximum absolute atomic E-state index is 10.0. The van der Waals surface area contributed by atoms with Gasteiger partial charge in [0.15, 0.2) is 17.3 Å². The molecule has 0 atom stereocenters. The molecule has 6 nitrogen and oxygen atoms in total. The van der Waals surface area contributed by atoms with Gasteiger partial charge in [-0.3, -0.25) is 14.4 Å². The molecule has 0 saturated heterocycles. The zero-order valence-electron chi connectivity index (χ0n) is 13.7. The number of hydrogen-bond donors (Lipinski definition) is 3. The summed E-state index contributed by atoms with van der Waals surface area (Å²) in [5.41, 5.74) is 0. The molecule has 0 fully saturated rings. The van der Waals surface area contributed by atoms with E-state index in [4.69, 9.17) is 15.3 Å². The summed E-state index contributed by atoms with van der Waals surface area (Å²) in [5.74, 6) is -0.187. The molecule has 0 amide bonds. The third-order valence-corrected chi connectivity index (χ3v) is 1.24. The topological polar surface area (TPSA) is 112 Å². The largest absolute Gasteiger partial charge is 0.512 e. The Hall–Kier alpha value is -1.72. The Morgan fingerprint density at radius 3 is 0.682 bits per heavy atom. The summed E-state index contributed by atoms with van der Waals surface area (Å²) in [6, 6.07) is 0. The van der Waals surface area contributed by atoms with E-state index in [0.717, 1.165) is 0 Å². The second kappa shape index (κ2) is 17.3. The summed E-state index contributed by atoms with van der Waals surface area (Å²) in [6.07, 6.45) is 3.50. The van der Waals surface area contributed by atoms with Gasteiger partial charge in [0.2, 0.25) is 0 Å². The van der Waals surface area contributed by atoms with E-state index in [2.05, 4.69) is 0 Å². The molecular weight excluding hydrogens is 375 g/mol. The van der Waals surface area contributed by atoms with Crippen LogP contribution in [0.2, 0.25) is 0 Å². The van der Waals surface area contributed by atoms with Gasteiger partial charge in [-0.15, -0.1) is 0 Å². The van der Waals surface area contributed by atoms with Gasteiger partial charge < -0.3 is 15.3 Å². The summed E-state index contributed by atoms with van der Waals surface area (Å²) in [4.78, 5) is 30.1. The molecule has 0 heterocycles. The van der Waals surface area contributed by atoms with Gasteiger partial charge in [-0.25, -0.2) is 0 Å². The van der Waals surface area contributed by atoms with E-state index in [1.165, 1.54) is 59.8 Å². The van der Waals surface area contributed by atoms with E-state index in [9.17, 15) is 14.4 Å². The molecule has 0 aromatic heterocycles. The van der Waals surface area contributed by atoms with Crippen molar-refractivity contribution in [3.63, 3.8) is 0 Å². The van der Waals surface area contributed by atoms with Crippen LogP contribution in [-0.2, 0) is 34.5 Å². The van der Waals surface area contributed by atoms with Crippen molar-refractivity contribution in [1.82, 2.24) is 0 Å². The number of carbonyl (C=O) groups excluding carboxylic acids is 3. The van der Waals surface area contributed by atoms with Crippen molar-refractivity contribution in [2.45, 2.75) is 41.5 Å². The molecule has 3 N–H and O–H groups in total. The molecule has 127 valence electrons. The number of allylic oxidation sites excluding steroid dienone is 6. The monoisotopic (exact) mass is 399 g/mol. The molecule has 0 spiro atoms. The Kier molecular flexibility index (Phi) is 22.4. The fourth-order valence-electron chi connectivity index (χ4n) is 0.882. The first-order chi connectivity index (χ1) is 9.38. The second-order valence-corrected chi connectivity index (χ2v) is 4.19. The van der Waals surface area contributed by atoms with Gasteiger partial charge in [-0.05, 0) is 41.5 Å². The second-order valence-electron chi connectivity index (χ2n) is 4.19. The number of hydrogen-bond acceptors (Lipinski definition) is 6. The molecule has 0 bridgehead atoms. The SMILES string of the molecule is CC(=O)/C=C(/C)O.CC(=O)/C=C(/C)O.CC(=O)/C=C(/C)O.[99Tc]. The van der Waals surface area contributed by atoms with Crippen molar-refractivity contribution < 1.29 is 49.8 Å². The Morgan fingerprint density at radius 1 is 0.545 bits per heavy atom. The first-order valence-corrected chi connectivity index (χ1v) is 6.02. The first-order valence-electron chi connectivity index (χ1n) is 6.02. The van der Waals surface area contributed by atoms with Crippen LogP contribution in [0, 0.1) is 0 Å². The van der Waals surface area contributed by atoms with Crippen molar-refractivity contribution in [3.8, 4) is 0 Å². The molecule has 0 aliphatic heterocycles. The van der Waals surface area contributed by atoms with Gasteiger partial charge >= 0.3 is 0 Å². The van der Waals surface area contributed by atoms with Crippen molar-refractivity contribution in [2.24, 2.45) is 0 Å². The van der Waals surface area contributed by atoms with E-state index in [0.29, 0.717) is 0 Å². The Balaban J connectivity index is -0.000000108. The van der Waals surface area contributed by atoms with Crippen LogP contribution in [0.15, 0.2) is 35.5 Å². The summed E-state index contributed by atoms with van der Waals surface area (Å²) in [6.45, 7) is 8.54. The Morgan fingerprint density at radius 2 is 0.682 bits per heavy atom. The maximum Gasteiger partial charge on any atom is 0.155 e. The zero-order valence-corrected chi connectivity index (χ0v) is 15.5. The number of ketones is 3. The Bertz CT molecular complexity index is 368. The molecule has 7 heteroatoms. The minimum Gasteiger partial charge on any atom is -0.512 e. The number of aliphatic hydroxyl groups excluding tert-OH is 3. The van der Waals surface area contributed by atoms with Gasteiger partial charge in [-0.2, -0.15) is 0 Å². The standard InChI is InChI=1S/3C5H8O2.Tc/c3*1-4(6)3-5(2)7;/h3*3,6H,1-2H3;/b3*4-3-;/i;;;1+1. The van der Waals surface area contributed by atoms with E-state index < -0.39 is 0 Å². The fourth-order valence-corrected chi connectivity index (χ4v) is 0.882. The normalized spacial score (nSPS) is 10.9. The molecule has 22 heavy (non-hydrogen) atoms. The molecular formula is C15H24O6Tc. The number of aliphatic hydroxyl groups is 3. The van der Waals surface area contributed by atoms with Gasteiger partial charge in [0.05, 0.1) is 17.3 Å². The smallest absolute Gasteiger partial charge is 0.155 e. The first kappa shape index (κ1) is 28.4. The van der Waals surface area contributed by atoms with E-state index >= 15 is 0 Å². The predicted octanol–water partition coefficient (Wildman–Crippen LogP) is 3.11. The molecule has 0 aromatic carbocycles. The van der Waals surface area contributed by atoms with Gasteiger partial charge in [0.1, 0.15) is 0 Å². The zero-order chi connectivity index (χ0) is 17.6. The van der Waals surface area contributed by atoms with Crippen LogP contribution in [0.1, 0.15) is 41.5 Å². The minimum absolute atomic E-state index is 0. The molecule has 0 aliphatic carbocycles. The van der Waals surface area contributed by atoms with Crippen LogP contribution in [0.25, 0.3) is 0 Å². The Labute approximate surface area is 144 Å². The summed E-state index contributed by atoms with van der Waals surface area (Å²) >= 11 is 0. The van der Waals surface area contributed by atoms with Crippen molar-refractivity contribution in [1.29, 1.82) is 0 Å². The van der Waals surface area contributed by atoms with Crippen LogP contribution < -0.4 is 0 Å². The van der Waals surface area contributed by atoms with Crippen molar-refractivity contribution >= 4 is 17.3 Å². The quantitative estimate of drug-likeness (QED) is 0.497. The van der Waals surface area contributed by atoms with E-state index in [1.807, 2.05) is 0 Å². The summed E-state index contributed by atoms with van der Waals surface area (Å²) in [7, 11) is 0.